The highest BCUT2D eigenvalue weighted by atomic mass is 32.2. The lowest BCUT2D eigenvalue weighted by Gasteiger charge is -2.23. The first-order valence-corrected chi connectivity index (χ1v) is 8.19. The van der Waals surface area contributed by atoms with Gasteiger partial charge in [0.2, 0.25) is 15.9 Å². The maximum atomic E-state index is 11.8. The minimum absolute atomic E-state index is 0.0227. The van der Waals surface area contributed by atoms with E-state index in [1.807, 2.05) is 0 Å². The lowest BCUT2D eigenvalue weighted by molar-refractivity contribution is -0.122. The normalized spacial score (nSPS) is 19.2. The van der Waals surface area contributed by atoms with Gasteiger partial charge in [-0.25, -0.2) is 13.6 Å². The predicted molar refractivity (Wildman–Crippen MR) is 76.9 cm³/mol. The third-order valence-corrected chi connectivity index (χ3v) is 4.06. The van der Waals surface area contributed by atoms with E-state index in [4.69, 9.17) is 9.88 Å². The van der Waals surface area contributed by atoms with Crippen molar-refractivity contribution in [2.24, 2.45) is 5.14 Å². The van der Waals surface area contributed by atoms with Gasteiger partial charge in [-0.05, 0) is 17.7 Å². The number of nitrogens with two attached hydrogens (primary N) is 1. The number of amides is 1. The van der Waals surface area contributed by atoms with Gasteiger partial charge in [0, 0.05) is 25.6 Å². The SMILES string of the molecule is NS(=O)(=O)c1cccc(CNC(=O)CC2COCCN2)c1. The first kappa shape index (κ1) is 15.9. The molecule has 116 valence electrons. The Morgan fingerprint density at radius 1 is 1.48 bits per heavy atom. The summed E-state index contributed by atoms with van der Waals surface area (Å²) >= 11 is 0. The molecule has 21 heavy (non-hydrogen) atoms. The Morgan fingerprint density at radius 2 is 2.29 bits per heavy atom. The van der Waals surface area contributed by atoms with Crippen LogP contribution in [-0.2, 0) is 26.1 Å². The van der Waals surface area contributed by atoms with Crippen molar-refractivity contribution >= 4 is 15.9 Å². The molecule has 7 nitrogen and oxygen atoms in total. The van der Waals surface area contributed by atoms with Gasteiger partial charge < -0.3 is 15.4 Å². The lowest BCUT2D eigenvalue weighted by atomic mass is 10.2. The summed E-state index contributed by atoms with van der Waals surface area (Å²) in [5, 5.41) is 11.0. The number of carbonyl (C=O) groups is 1. The second-order valence-corrected chi connectivity index (χ2v) is 6.46. The van der Waals surface area contributed by atoms with E-state index in [2.05, 4.69) is 10.6 Å². The molecule has 1 heterocycles. The quantitative estimate of drug-likeness (QED) is 0.667. The Hall–Kier alpha value is -1.48. The standard InChI is InChI=1S/C13H19N3O4S/c14-21(18,19)12-3-1-2-10(6-12)8-16-13(17)7-11-9-20-5-4-15-11/h1-3,6,11,15H,4-5,7-9H2,(H,16,17)(H2,14,18,19). The van der Waals surface area contributed by atoms with Gasteiger partial charge in [0.15, 0.2) is 0 Å². The van der Waals surface area contributed by atoms with E-state index in [-0.39, 0.29) is 23.4 Å². The van der Waals surface area contributed by atoms with Crippen LogP contribution in [0.1, 0.15) is 12.0 Å². The molecule has 1 aromatic carbocycles. The largest absolute Gasteiger partial charge is 0.378 e. The summed E-state index contributed by atoms with van der Waals surface area (Å²) in [6.45, 7) is 2.19. The van der Waals surface area contributed by atoms with E-state index >= 15 is 0 Å². The van der Waals surface area contributed by atoms with Crippen molar-refractivity contribution in [1.82, 2.24) is 10.6 Å². The third kappa shape index (κ3) is 5.09. The summed E-state index contributed by atoms with van der Waals surface area (Å²) in [6, 6.07) is 6.23. The number of hydrogen-bond acceptors (Lipinski definition) is 5. The molecule has 1 unspecified atom stereocenters. The number of benzene rings is 1. The van der Waals surface area contributed by atoms with Gasteiger partial charge in [0.1, 0.15) is 0 Å². The minimum atomic E-state index is -3.73. The molecule has 0 aromatic heterocycles. The molecule has 0 saturated carbocycles. The number of morpholine rings is 1. The van der Waals surface area contributed by atoms with Gasteiger partial charge in [0.05, 0.1) is 18.1 Å². The molecule has 2 rings (SSSR count). The Kier molecular flexibility index (Phi) is 5.29. The lowest BCUT2D eigenvalue weighted by Crippen LogP contribution is -2.44. The number of ether oxygens (including phenoxy) is 1. The van der Waals surface area contributed by atoms with Crippen molar-refractivity contribution in [3.63, 3.8) is 0 Å². The van der Waals surface area contributed by atoms with Gasteiger partial charge in [0.25, 0.3) is 0 Å². The third-order valence-electron chi connectivity index (χ3n) is 3.15. The topological polar surface area (TPSA) is 111 Å². The van der Waals surface area contributed by atoms with Gasteiger partial charge in [-0.3, -0.25) is 4.79 Å². The molecular weight excluding hydrogens is 294 g/mol. The number of primary sulfonamides is 1. The second-order valence-electron chi connectivity index (χ2n) is 4.90. The fourth-order valence-corrected chi connectivity index (χ4v) is 2.66. The summed E-state index contributed by atoms with van der Waals surface area (Å²) in [5.41, 5.74) is 0.683. The number of hydrogen-bond donors (Lipinski definition) is 3. The minimum Gasteiger partial charge on any atom is -0.378 e. The van der Waals surface area contributed by atoms with Crippen LogP contribution < -0.4 is 15.8 Å². The van der Waals surface area contributed by atoms with Crippen LogP contribution >= 0.6 is 0 Å². The van der Waals surface area contributed by atoms with Crippen LogP contribution in [0.25, 0.3) is 0 Å². The van der Waals surface area contributed by atoms with Gasteiger partial charge in [-0.1, -0.05) is 12.1 Å². The number of rotatable bonds is 5. The molecule has 8 heteroatoms. The smallest absolute Gasteiger partial charge is 0.238 e. The number of carbonyl (C=O) groups excluding carboxylic acids is 1. The van der Waals surface area contributed by atoms with Crippen LogP contribution in [0.4, 0.5) is 0 Å². The fraction of sp³-hybridized carbons (Fsp3) is 0.462. The molecule has 1 atom stereocenters. The van der Waals surface area contributed by atoms with Crippen molar-refractivity contribution in [2.75, 3.05) is 19.8 Å². The highest BCUT2D eigenvalue weighted by Gasteiger charge is 2.16. The highest BCUT2D eigenvalue weighted by molar-refractivity contribution is 7.89. The second kappa shape index (κ2) is 6.99. The van der Waals surface area contributed by atoms with Gasteiger partial charge >= 0.3 is 0 Å². The van der Waals surface area contributed by atoms with Crippen LogP contribution in [0.5, 0.6) is 0 Å². The van der Waals surface area contributed by atoms with Crippen molar-refractivity contribution in [1.29, 1.82) is 0 Å². The summed E-state index contributed by atoms with van der Waals surface area (Å²) in [6.07, 6.45) is 0.328. The Bertz CT molecular complexity index is 597. The molecule has 0 spiro atoms. The van der Waals surface area contributed by atoms with E-state index in [1.165, 1.54) is 12.1 Å². The van der Waals surface area contributed by atoms with Gasteiger partial charge in [-0.2, -0.15) is 0 Å². The first-order chi connectivity index (χ1) is 9.95. The average Bonchev–Trinajstić information content (AvgIpc) is 2.46. The zero-order valence-electron chi connectivity index (χ0n) is 11.5. The molecule has 0 bridgehead atoms. The van der Waals surface area contributed by atoms with Crippen LogP contribution in [-0.4, -0.2) is 40.1 Å². The van der Waals surface area contributed by atoms with Crippen LogP contribution in [0.3, 0.4) is 0 Å². The molecule has 1 aromatic rings. The van der Waals surface area contributed by atoms with E-state index in [9.17, 15) is 13.2 Å². The average molecular weight is 313 g/mol. The number of sulfonamides is 1. The van der Waals surface area contributed by atoms with Crippen LogP contribution in [0, 0.1) is 0 Å². The first-order valence-electron chi connectivity index (χ1n) is 6.65. The van der Waals surface area contributed by atoms with Crippen molar-refractivity contribution in [3.05, 3.63) is 29.8 Å². The van der Waals surface area contributed by atoms with E-state index in [0.717, 1.165) is 6.54 Å². The summed E-state index contributed by atoms with van der Waals surface area (Å²) in [5.74, 6) is -0.112. The maximum Gasteiger partial charge on any atom is 0.238 e. The molecular formula is C13H19N3O4S. The van der Waals surface area contributed by atoms with E-state index in [0.29, 0.717) is 25.2 Å². The van der Waals surface area contributed by atoms with Crippen molar-refractivity contribution < 1.29 is 17.9 Å². The molecule has 1 fully saturated rings. The Balaban J connectivity index is 1.86. The molecule has 4 N–H and O–H groups in total. The Labute approximate surface area is 123 Å². The predicted octanol–water partition coefficient (Wildman–Crippen LogP) is -0.671. The Morgan fingerprint density at radius 3 is 2.95 bits per heavy atom. The zero-order valence-corrected chi connectivity index (χ0v) is 12.4. The van der Waals surface area contributed by atoms with Crippen LogP contribution in [0.15, 0.2) is 29.2 Å². The van der Waals surface area contributed by atoms with Crippen LogP contribution in [0.2, 0.25) is 0 Å². The molecule has 0 radical (unpaired) electrons. The highest BCUT2D eigenvalue weighted by Crippen LogP contribution is 2.09. The van der Waals surface area contributed by atoms with Crippen molar-refractivity contribution in [2.45, 2.75) is 23.9 Å². The molecule has 1 saturated heterocycles. The zero-order chi connectivity index (χ0) is 15.3. The molecule has 1 aliphatic heterocycles. The summed E-state index contributed by atoms with van der Waals surface area (Å²) in [4.78, 5) is 11.9. The summed E-state index contributed by atoms with van der Waals surface area (Å²) < 4.78 is 27.8. The number of nitrogens with one attached hydrogen (secondary N) is 2. The van der Waals surface area contributed by atoms with E-state index in [1.54, 1.807) is 12.1 Å². The molecule has 1 amide bonds. The van der Waals surface area contributed by atoms with Gasteiger partial charge in [-0.15, -0.1) is 0 Å². The summed E-state index contributed by atoms with van der Waals surface area (Å²) in [7, 11) is -3.73. The van der Waals surface area contributed by atoms with E-state index < -0.39 is 10.0 Å². The van der Waals surface area contributed by atoms with Crippen molar-refractivity contribution in [3.8, 4) is 0 Å². The monoisotopic (exact) mass is 313 g/mol. The maximum absolute atomic E-state index is 11.8. The molecule has 0 aliphatic carbocycles. The fourth-order valence-electron chi connectivity index (χ4n) is 2.08. The molecule has 1 aliphatic rings.